The van der Waals surface area contributed by atoms with E-state index in [0.29, 0.717) is 31.2 Å². The van der Waals surface area contributed by atoms with Gasteiger partial charge in [0.2, 0.25) is 11.8 Å². The molecular formula is C30H38BrN5O6. The molecule has 1 spiro atoms. The van der Waals surface area contributed by atoms with E-state index >= 15 is 0 Å². The molecule has 5 rings (SSSR count). The van der Waals surface area contributed by atoms with Crippen LogP contribution >= 0.6 is 15.9 Å². The van der Waals surface area contributed by atoms with Crippen LogP contribution in [0, 0.1) is 11.8 Å². The van der Waals surface area contributed by atoms with Crippen LogP contribution in [0.15, 0.2) is 49.6 Å². The summed E-state index contributed by atoms with van der Waals surface area (Å²) in [5.41, 5.74) is 0.282. The Morgan fingerprint density at radius 2 is 2.02 bits per heavy atom. The molecule has 3 unspecified atom stereocenters. The molecule has 226 valence electrons. The number of benzene rings is 1. The van der Waals surface area contributed by atoms with Gasteiger partial charge in [-0.1, -0.05) is 45.4 Å². The standard InChI is InChI=1S/C30H38BrN5O6/c1-3-5-6-11-17-41-29(40)23-24-27(38)35(15-9-10-16-37)26(30(24)18-20(31)25(23)42-30)28(39)34(14-4-2)19-36-22-13-8-7-12-21(22)32-33-36/h3-4,7-8,12-13,20,23-26,37H,1-2,5-6,9-11,14-19H2/t20?,23-,24-,25-,26?,30?/m0/s1. The minimum atomic E-state index is -1.19. The number of rotatable bonds is 15. The SMILES string of the molecule is C=CCCCCOC(=O)[C@H]1[C@H]2C(=O)N(CCCCO)C(C(=O)N(CC=C)Cn3nnc4ccccc43)C23CC(Br)[C@@H]1O3. The van der Waals surface area contributed by atoms with Gasteiger partial charge in [-0.3, -0.25) is 14.4 Å². The number of hydrogen-bond acceptors (Lipinski definition) is 8. The van der Waals surface area contributed by atoms with Gasteiger partial charge in [0.25, 0.3) is 0 Å². The largest absolute Gasteiger partial charge is 0.465 e. The molecule has 1 aromatic carbocycles. The lowest BCUT2D eigenvalue weighted by atomic mass is 9.70. The van der Waals surface area contributed by atoms with Crippen molar-refractivity contribution in [1.29, 1.82) is 0 Å². The number of ether oxygens (including phenoxy) is 2. The third kappa shape index (κ3) is 5.40. The highest BCUT2D eigenvalue weighted by Gasteiger charge is 2.77. The van der Waals surface area contributed by atoms with Crippen molar-refractivity contribution < 1.29 is 29.0 Å². The Labute approximate surface area is 253 Å². The minimum Gasteiger partial charge on any atom is -0.465 e. The van der Waals surface area contributed by atoms with Crippen LogP contribution in [0.25, 0.3) is 11.0 Å². The molecule has 3 saturated heterocycles. The second-order valence-electron chi connectivity index (χ2n) is 11.1. The highest BCUT2D eigenvalue weighted by Crippen LogP contribution is 2.60. The molecule has 3 aliphatic rings. The summed E-state index contributed by atoms with van der Waals surface area (Å²) in [6, 6.07) is 6.52. The van der Waals surface area contributed by atoms with Crippen molar-refractivity contribution >= 4 is 44.7 Å². The molecule has 1 aromatic heterocycles. The van der Waals surface area contributed by atoms with Crippen LogP contribution < -0.4 is 0 Å². The van der Waals surface area contributed by atoms with Gasteiger partial charge in [-0.2, -0.15) is 0 Å². The maximum atomic E-state index is 14.5. The van der Waals surface area contributed by atoms with Crippen LogP contribution in [0.3, 0.4) is 0 Å². The molecule has 2 aromatic rings. The van der Waals surface area contributed by atoms with Gasteiger partial charge in [0.05, 0.1) is 30.1 Å². The fourth-order valence-corrected chi connectivity index (χ4v) is 7.64. The average molecular weight is 645 g/mol. The number of aliphatic hydroxyl groups is 1. The summed E-state index contributed by atoms with van der Waals surface area (Å²) in [4.78, 5) is 45.0. The van der Waals surface area contributed by atoms with E-state index in [1.807, 2.05) is 30.3 Å². The maximum absolute atomic E-state index is 14.5. The van der Waals surface area contributed by atoms with Crippen LogP contribution in [0.5, 0.6) is 0 Å². The number of para-hydroxylation sites is 1. The smallest absolute Gasteiger partial charge is 0.312 e. The van der Waals surface area contributed by atoms with Crippen LogP contribution in [0.2, 0.25) is 0 Å². The van der Waals surface area contributed by atoms with Crippen molar-refractivity contribution in [2.45, 2.75) is 67.8 Å². The van der Waals surface area contributed by atoms with E-state index in [9.17, 15) is 19.5 Å². The number of amides is 2. The zero-order chi connectivity index (χ0) is 29.9. The van der Waals surface area contributed by atoms with Gasteiger partial charge in [-0.25, -0.2) is 4.68 Å². The molecular weight excluding hydrogens is 606 g/mol. The Bertz CT molecular complexity index is 1330. The molecule has 12 heteroatoms. The first-order valence-electron chi connectivity index (χ1n) is 14.6. The molecule has 2 amide bonds. The molecule has 11 nitrogen and oxygen atoms in total. The zero-order valence-electron chi connectivity index (χ0n) is 23.6. The second kappa shape index (κ2) is 13.0. The second-order valence-corrected chi connectivity index (χ2v) is 12.3. The lowest BCUT2D eigenvalue weighted by Gasteiger charge is -2.37. The molecule has 42 heavy (non-hydrogen) atoms. The Hall–Kier alpha value is -3.09. The third-order valence-corrected chi connectivity index (χ3v) is 9.38. The summed E-state index contributed by atoms with van der Waals surface area (Å²) < 4.78 is 13.9. The van der Waals surface area contributed by atoms with Gasteiger partial charge in [0, 0.05) is 24.5 Å². The van der Waals surface area contributed by atoms with Gasteiger partial charge < -0.3 is 24.4 Å². The number of unbranched alkanes of at least 4 members (excludes halogenated alkanes) is 3. The van der Waals surface area contributed by atoms with E-state index < -0.39 is 35.6 Å². The number of aromatic nitrogens is 3. The molecule has 3 fully saturated rings. The molecule has 0 radical (unpaired) electrons. The van der Waals surface area contributed by atoms with Gasteiger partial charge in [-0.15, -0.1) is 18.3 Å². The number of nitrogens with zero attached hydrogens (tertiary/aromatic N) is 5. The molecule has 2 bridgehead atoms. The predicted octanol–water partition coefficient (Wildman–Crippen LogP) is 2.82. The van der Waals surface area contributed by atoms with Crippen LogP contribution in [0.4, 0.5) is 0 Å². The van der Waals surface area contributed by atoms with E-state index in [1.54, 1.807) is 20.6 Å². The van der Waals surface area contributed by atoms with Crippen molar-refractivity contribution in [2.24, 2.45) is 11.8 Å². The van der Waals surface area contributed by atoms with Crippen LogP contribution in [0.1, 0.15) is 38.5 Å². The van der Waals surface area contributed by atoms with Gasteiger partial charge in [0.15, 0.2) is 0 Å². The Kier molecular flexibility index (Phi) is 9.44. The number of likely N-dealkylation sites (tertiary alicyclic amines) is 1. The normalized spacial score (nSPS) is 27.8. The molecule has 0 saturated carbocycles. The third-order valence-electron chi connectivity index (χ3n) is 8.54. The van der Waals surface area contributed by atoms with E-state index in [4.69, 9.17) is 9.47 Å². The molecule has 3 aliphatic heterocycles. The number of carbonyl (C=O) groups excluding carboxylic acids is 3. The molecule has 1 N–H and O–H groups in total. The predicted molar refractivity (Wildman–Crippen MR) is 158 cm³/mol. The lowest BCUT2D eigenvalue weighted by molar-refractivity contribution is -0.155. The number of allylic oxidation sites excluding steroid dienone is 1. The van der Waals surface area contributed by atoms with Crippen molar-refractivity contribution in [2.75, 3.05) is 26.3 Å². The first-order chi connectivity index (χ1) is 20.4. The highest BCUT2D eigenvalue weighted by molar-refractivity contribution is 9.09. The number of fused-ring (bicyclic) bond motifs is 2. The number of esters is 1. The summed E-state index contributed by atoms with van der Waals surface area (Å²) in [6.07, 6.45) is 6.63. The first kappa shape index (κ1) is 30.4. The van der Waals surface area contributed by atoms with Crippen molar-refractivity contribution in [1.82, 2.24) is 24.8 Å². The van der Waals surface area contributed by atoms with Crippen LogP contribution in [-0.4, -0.2) is 96.6 Å². The van der Waals surface area contributed by atoms with Gasteiger partial charge in [-0.05, 0) is 50.7 Å². The lowest BCUT2D eigenvalue weighted by Crippen LogP contribution is -2.57. The fraction of sp³-hybridized carbons (Fsp3) is 0.567. The molecule has 4 heterocycles. The van der Waals surface area contributed by atoms with Gasteiger partial charge >= 0.3 is 5.97 Å². The minimum absolute atomic E-state index is 0.0277. The number of halogens is 1. The van der Waals surface area contributed by atoms with Crippen molar-refractivity contribution in [3.63, 3.8) is 0 Å². The summed E-state index contributed by atoms with van der Waals surface area (Å²) >= 11 is 3.69. The Balaban J connectivity index is 1.45. The number of alkyl halides is 1. The van der Waals surface area contributed by atoms with Crippen LogP contribution in [-0.2, 0) is 30.5 Å². The zero-order valence-corrected chi connectivity index (χ0v) is 25.2. The first-order valence-corrected chi connectivity index (χ1v) is 15.5. The number of hydrogen-bond donors (Lipinski definition) is 1. The Morgan fingerprint density at radius 1 is 1.21 bits per heavy atom. The quantitative estimate of drug-likeness (QED) is 0.136. The van der Waals surface area contributed by atoms with Gasteiger partial charge in [0.1, 0.15) is 23.8 Å². The van der Waals surface area contributed by atoms with E-state index in [-0.39, 0.29) is 49.6 Å². The number of aliphatic hydroxyl groups excluding tert-OH is 1. The van der Waals surface area contributed by atoms with E-state index in [1.165, 1.54) is 0 Å². The Morgan fingerprint density at radius 3 is 2.79 bits per heavy atom. The van der Waals surface area contributed by atoms with E-state index in [0.717, 1.165) is 18.4 Å². The summed E-state index contributed by atoms with van der Waals surface area (Å²) in [6.45, 7) is 8.35. The topological polar surface area (TPSA) is 127 Å². The molecule has 6 atom stereocenters. The van der Waals surface area contributed by atoms with E-state index in [2.05, 4.69) is 39.4 Å². The van der Waals surface area contributed by atoms with Crippen molar-refractivity contribution in [3.8, 4) is 0 Å². The fourth-order valence-electron chi connectivity index (χ4n) is 6.70. The summed E-state index contributed by atoms with van der Waals surface area (Å²) in [5, 5.41) is 17.9. The number of carbonyl (C=O) groups is 3. The average Bonchev–Trinajstić information content (AvgIpc) is 3.70. The highest BCUT2D eigenvalue weighted by atomic mass is 79.9. The summed E-state index contributed by atoms with van der Waals surface area (Å²) in [5.74, 6) is -2.72. The molecule has 0 aliphatic carbocycles. The summed E-state index contributed by atoms with van der Waals surface area (Å²) in [7, 11) is 0. The van der Waals surface area contributed by atoms with Crippen molar-refractivity contribution in [3.05, 3.63) is 49.6 Å². The monoisotopic (exact) mass is 643 g/mol. The maximum Gasteiger partial charge on any atom is 0.312 e.